The third-order valence-electron chi connectivity index (χ3n) is 3.82. The van der Waals surface area contributed by atoms with Gasteiger partial charge in [-0.3, -0.25) is 4.79 Å². The Labute approximate surface area is 145 Å². The van der Waals surface area contributed by atoms with Gasteiger partial charge in [-0.15, -0.1) is 0 Å². The summed E-state index contributed by atoms with van der Waals surface area (Å²) >= 11 is 5.84. The standard InChI is InChI=1S/C18H19ClN2O3/c1-12-4-5-15(16(9-12)24-11-14-3-2-8-23-14)21-18(22)13-6-7-20-17(19)10-13/h4-7,9-10,14H,2-3,8,11H2,1H3,(H,21,22). The quantitative estimate of drug-likeness (QED) is 0.835. The van der Waals surface area contributed by atoms with Crippen molar-refractivity contribution >= 4 is 23.2 Å². The highest BCUT2D eigenvalue weighted by atomic mass is 35.5. The Bertz CT molecular complexity index is 730. The van der Waals surface area contributed by atoms with Gasteiger partial charge >= 0.3 is 0 Å². The van der Waals surface area contributed by atoms with E-state index in [4.69, 9.17) is 21.1 Å². The SMILES string of the molecule is Cc1ccc(NC(=O)c2ccnc(Cl)c2)c(OCC2CCCO2)c1. The van der Waals surface area contributed by atoms with Crippen LogP contribution in [0.1, 0.15) is 28.8 Å². The Hall–Kier alpha value is -2.11. The number of aryl methyl sites for hydroxylation is 1. The molecule has 1 atom stereocenters. The largest absolute Gasteiger partial charge is 0.489 e. The van der Waals surface area contributed by atoms with Crippen LogP contribution in [-0.4, -0.2) is 30.2 Å². The number of carbonyl (C=O) groups excluding carboxylic acids is 1. The molecule has 1 aromatic carbocycles. The zero-order valence-corrected chi connectivity index (χ0v) is 14.2. The van der Waals surface area contributed by atoms with E-state index in [1.165, 1.54) is 12.3 Å². The van der Waals surface area contributed by atoms with Crippen molar-refractivity contribution in [3.05, 3.63) is 52.8 Å². The van der Waals surface area contributed by atoms with Crippen LogP contribution in [0.15, 0.2) is 36.5 Å². The first kappa shape index (κ1) is 16.7. The highest BCUT2D eigenvalue weighted by Gasteiger charge is 2.17. The fourth-order valence-electron chi connectivity index (χ4n) is 2.55. The second kappa shape index (κ2) is 7.64. The van der Waals surface area contributed by atoms with E-state index >= 15 is 0 Å². The first-order valence-corrected chi connectivity index (χ1v) is 8.27. The van der Waals surface area contributed by atoms with E-state index in [2.05, 4.69) is 10.3 Å². The van der Waals surface area contributed by atoms with Crippen LogP contribution in [0.4, 0.5) is 5.69 Å². The highest BCUT2D eigenvalue weighted by Crippen LogP contribution is 2.27. The summed E-state index contributed by atoms with van der Waals surface area (Å²) in [6, 6.07) is 8.80. The van der Waals surface area contributed by atoms with Crippen LogP contribution in [-0.2, 0) is 4.74 Å². The Morgan fingerprint density at radius 2 is 2.29 bits per heavy atom. The predicted octanol–water partition coefficient (Wildman–Crippen LogP) is 3.85. The van der Waals surface area contributed by atoms with E-state index in [1.807, 2.05) is 25.1 Å². The molecule has 5 nitrogen and oxygen atoms in total. The van der Waals surface area contributed by atoms with Crippen molar-refractivity contribution in [3.8, 4) is 5.75 Å². The zero-order valence-electron chi connectivity index (χ0n) is 13.4. The Kier molecular flexibility index (Phi) is 5.33. The van der Waals surface area contributed by atoms with Gasteiger partial charge in [0.2, 0.25) is 0 Å². The number of halogens is 1. The van der Waals surface area contributed by atoms with E-state index in [0.717, 1.165) is 25.0 Å². The number of nitrogens with zero attached hydrogens (tertiary/aromatic N) is 1. The number of benzene rings is 1. The number of nitrogens with one attached hydrogen (secondary N) is 1. The van der Waals surface area contributed by atoms with Crippen LogP contribution >= 0.6 is 11.6 Å². The molecule has 2 heterocycles. The van der Waals surface area contributed by atoms with Gasteiger partial charge in [-0.05, 0) is 49.6 Å². The summed E-state index contributed by atoms with van der Waals surface area (Å²) in [6.45, 7) is 3.24. The molecule has 24 heavy (non-hydrogen) atoms. The molecular formula is C18H19ClN2O3. The zero-order chi connectivity index (χ0) is 16.9. The summed E-state index contributed by atoms with van der Waals surface area (Å²) < 4.78 is 11.5. The average Bonchev–Trinajstić information content (AvgIpc) is 3.08. The van der Waals surface area contributed by atoms with Gasteiger partial charge in [0.25, 0.3) is 5.91 Å². The van der Waals surface area contributed by atoms with Crippen LogP contribution < -0.4 is 10.1 Å². The number of pyridine rings is 1. The molecule has 126 valence electrons. The second-order valence-corrected chi connectivity index (χ2v) is 6.15. The van der Waals surface area contributed by atoms with Crippen molar-refractivity contribution < 1.29 is 14.3 Å². The summed E-state index contributed by atoms with van der Waals surface area (Å²) in [6.07, 6.45) is 3.69. The lowest BCUT2D eigenvalue weighted by molar-refractivity contribution is 0.0681. The van der Waals surface area contributed by atoms with Gasteiger partial charge in [-0.2, -0.15) is 0 Å². The molecule has 1 aliphatic rings. The smallest absolute Gasteiger partial charge is 0.255 e. The summed E-state index contributed by atoms with van der Waals surface area (Å²) in [4.78, 5) is 16.3. The topological polar surface area (TPSA) is 60.5 Å². The van der Waals surface area contributed by atoms with E-state index in [1.54, 1.807) is 6.07 Å². The van der Waals surface area contributed by atoms with Crippen LogP contribution in [0.2, 0.25) is 5.15 Å². The molecular weight excluding hydrogens is 328 g/mol. The van der Waals surface area contributed by atoms with Crippen molar-refractivity contribution in [2.45, 2.75) is 25.9 Å². The normalized spacial score (nSPS) is 16.8. The number of hydrogen-bond acceptors (Lipinski definition) is 4. The van der Waals surface area contributed by atoms with Gasteiger partial charge in [0, 0.05) is 18.4 Å². The van der Waals surface area contributed by atoms with Crippen molar-refractivity contribution in [3.63, 3.8) is 0 Å². The van der Waals surface area contributed by atoms with Crippen molar-refractivity contribution in [2.24, 2.45) is 0 Å². The van der Waals surface area contributed by atoms with E-state index in [-0.39, 0.29) is 17.2 Å². The van der Waals surface area contributed by atoms with Gasteiger partial charge in [0.1, 0.15) is 17.5 Å². The van der Waals surface area contributed by atoms with Crippen molar-refractivity contribution in [1.29, 1.82) is 0 Å². The second-order valence-electron chi connectivity index (χ2n) is 5.77. The molecule has 1 unspecified atom stereocenters. The maximum absolute atomic E-state index is 12.4. The minimum Gasteiger partial charge on any atom is -0.489 e. The molecule has 1 amide bonds. The number of hydrogen-bond donors (Lipinski definition) is 1. The number of amides is 1. The molecule has 1 N–H and O–H groups in total. The molecule has 0 aliphatic carbocycles. The average molecular weight is 347 g/mol. The van der Waals surface area contributed by atoms with E-state index < -0.39 is 0 Å². The summed E-state index contributed by atoms with van der Waals surface area (Å²) in [5.74, 6) is 0.379. The molecule has 1 aliphatic heterocycles. The van der Waals surface area contributed by atoms with Gasteiger partial charge in [0.05, 0.1) is 11.8 Å². The molecule has 2 aromatic rings. The molecule has 0 radical (unpaired) electrons. The predicted molar refractivity (Wildman–Crippen MR) is 92.8 cm³/mol. The maximum Gasteiger partial charge on any atom is 0.255 e. The maximum atomic E-state index is 12.4. The molecule has 1 fully saturated rings. The highest BCUT2D eigenvalue weighted by molar-refractivity contribution is 6.29. The lowest BCUT2D eigenvalue weighted by atomic mass is 10.2. The lowest BCUT2D eigenvalue weighted by Crippen LogP contribution is -2.18. The number of rotatable bonds is 5. The van der Waals surface area contributed by atoms with Gasteiger partial charge < -0.3 is 14.8 Å². The first-order chi connectivity index (χ1) is 11.6. The fourth-order valence-corrected chi connectivity index (χ4v) is 2.72. The molecule has 3 rings (SSSR count). The van der Waals surface area contributed by atoms with Crippen LogP contribution in [0, 0.1) is 6.92 Å². The minimum absolute atomic E-state index is 0.119. The van der Waals surface area contributed by atoms with Crippen LogP contribution in [0.3, 0.4) is 0 Å². The molecule has 0 saturated carbocycles. The minimum atomic E-state index is -0.259. The number of carbonyl (C=O) groups is 1. The summed E-state index contributed by atoms with van der Waals surface area (Å²) in [7, 11) is 0. The Morgan fingerprint density at radius 1 is 1.42 bits per heavy atom. The molecule has 6 heteroatoms. The van der Waals surface area contributed by atoms with Crippen LogP contribution in [0.25, 0.3) is 0 Å². The number of anilines is 1. The van der Waals surface area contributed by atoms with E-state index in [0.29, 0.717) is 23.6 Å². The third-order valence-corrected chi connectivity index (χ3v) is 4.03. The number of ether oxygens (including phenoxy) is 2. The lowest BCUT2D eigenvalue weighted by Gasteiger charge is -2.16. The number of aromatic nitrogens is 1. The monoisotopic (exact) mass is 346 g/mol. The first-order valence-electron chi connectivity index (χ1n) is 7.90. The van der Waals surface area contributed by atoms with Crippen molar-refractivity contribution in [1.82, 2.24) is 4.98 Å². The van der Waals surface area contributed by atoms with Gasteiger partial charge in [0.15, 0.2) is 0 Å². The third kappa shape index (κ3) is 4.24. The molecule has 0 spiro atoms. The van der Waals surface area contributed by atoms with E-state index in [9.17, 15) is 4.79 Å². The summed E-state index contributed by atoms with van der Waals surface area (Å²) in [5, 5.41) is 3.14. The molecule has 0 bridgehead atoms. The summed E-state index contributed by atoms with van der Waals surface area (Å²) in [5.41, 5.74) is 2.12. The van der Waals surface area contributed by atoms with Crippen LogP contribution in [0.5, 0.6) is 5.75 Å². The Morgan fingerprint density at radius 3 is 3.04 bits per heavy atom. The molecule has 1 saturated heterocycles. The van der Waals surface area contributed by atoms with Gasteiger partial charge in [-0.25, -0.2) is 4.98 Å². The Balaban J connectivity index is 1.73. The van der Waals surface area contributed by atoms with Crippen molar-refractivity contribution in [2.75, 3.05) is 18.5 Å². The van der Waals surface area contributed by atoms with Gasteiger partial charge in [-0.1, -0.05) is 17.7 Å². The molecule has 1 aromatic heterocycles. The fraction of sp³-hybridized carbons (Fsp3) is 0.333.